The Labute approximate surface area is 129 Å². The number of carbonyl (C=O) groups excluding carboxylic acids is 1. The van der Waals surface area contributed by atoms with Gasteiger partial charge < -0.3 is 10.2 Å². The molecule has 1 heterocycles. The molecule has 0 spiro atoms. The summed E-state index contributed by atoms with van der Waals surface area (Å²) in [7, 11) is 1.99. The average molecular weight is 304 g/mol. The Kier molecular flexibility index (Phi) is 7.27. The van der Waals surface area contributed by atoms with Gasteiger partial charge in [-0.1, -0.05) is 19.3 Å². The van der Waals surface area contributed by atoms with Crippen LogP contribution in [0.25, 0.3) is 0 Å². The van der Waals surface area contributed by atoms with Crippen LogP contribution >= 0.6 is 12.4 Å². The first-order valence-electron chi connectivity index (χ1n) is 7.80. The zero-order valence-electron chi connectivity index (χ0n) is 13.1. The molecule has 2 fully saturated rings. The molecule has 1 N–H and O–H groups in total. The van der Waals surface area contributed by atoms with E-state index in [9.17, 15) is 4.79 Å². The lowest BCUT2D eigenvalue weighted by atomic mass is 9.94. The molecule has 1 aliphatic carbocycles. The lowest BCUT2D eigenvalue weighted by Crippen LogP contribution is -2.56. The molecule has 1 aliphatic heterocycles. The fourth-order valence-corrected chi connectivity index (χ4v) is 3.54. The summed E-state index contributed by atoms with van der Waals surface area (Å²) in [5.74, 6) is 0.299. The Morgan fingerprint density at radius 1 is 1.15 bits per heavy atom. The third-order valence-electron chi connectivity index (χ3n) is 4.51. The number of nitrogens with zero attached hydrogens (tertiary/aromatic N) is 2. The van der Waals surface area contributed by atoms with Gasteiger partial charge in [-0.2, -0.15) is 0 Å². The van der Waals surface area contributed by atoms with E-state index in [1.165, 1.54) is 32.1 Å². The van der Waals surface area contributed by atoms with Crippen molar-refractivity contribution in [2.24, 2.45) is 0 Å². The topological polar surface area (TPSA) is 35.6 Å². The number of likely N-dealkylation sites (N-methyl/N-ethyl adjacent to an activating group) is 1. The number of piperazine rings is 1. The molecule has 2 rings (SSSR count). The number of nitrogens with one attached hydrogen (secondary N) is 1. The summed E-state index contributed by atoms with van der Waals surface area (Å²) in [6.07, 6.45) is 6.28. The molecule has 1 saturated heterocycles. The largest absolute Gasteiger partial charge is 0.342 e. The molecule has 0 radical (unpaired) electrons. The van der Waals surface area contributed by atoms with Crippen LogP contribution in [0.2, 0.25) is 0 Å². The normalized spacial score (nSPS) is 28.8. The van der Waals surface area contributed by atoms with Crippen molar-refractivity contribution in [1.29, 1.82) is 0 Å². The molecule has 20 heavy (non-hydrogen) atoms. The predicted molar refractivity (Wildman–Crippen MR) is 85.4 cm³/mol. The maximum Gasteiger partial charge on any atom is 0.236 e. The highest BCUT2D eigenvalue weighted by atomic mass is 35.5. The van der Waals surface area contributed by atoms with Crippen molar-refractivity contribution >= 4 is 18.3 Å². The average Bonchev–Trinajstić information content (AvgIpc) is 2.37. The zero-order valence-corrected chi connectivity index (χ0v) is 13.9. The lowest BCUT2D eigenvalue weighted by Gasteiger charge is -2.38. The van der Waals surface area contributed by atoms with Crippen molar-refractivity contribution in [1.82, 2.24) is 15.1 Å². The Bertz CT molecular complexity index is 297. The van der Waals surface area contributed by atoms with Crippen molar-refractivity contribution in [2.75, 3.05) is 26.7 Å². The van der Waals surface area contributed by atoms with Gasteiger partial charge in [0.15, 0.2) is 0 Å². The molecule has 1 amide bonds. The van der Waals surface area contributed by atoms with Gasteiger partial charge in [0, 0.05) is 38.3 Å². The first kappa shape index (κ1) is 17.7. The van der Waals surface area contributed by atoms with E-state index in [0.717, 1.165) is 13.1 Å². The van der Waals surface area contributed by atoms with Gasteiger partial charge >= 0.3 is 0 Å². The highest BCUT2D eigenvalue weighted by molar-refractivity contribution is 5.85. The second-order valence-corrected chi connectivity index (χ2v) is 6.46. The summed E-state index contributed by atoms with van der Waals surface area (Å²) >= 11 is 0. The Morgan fingerprint density at radius 2 is 1.70 bits per heavy atom. The SMILES string of the molecule is CC1CN(CC(=O)N(C)C2CCCCC2)CC(C)N1.Cl. The van der Waals surface area contributed by atoms with E-state index >= 15 is 0 Å². The second kappa shape index (κ2) is 8.20. The standard InChI is InChI=1S/C15H29N3O.ClH/c1-12-9-18(10-13(2)16-12)11-15(19)17(3)14-7-5-4-6-8-14;/h12-14,16H,4-11H2,1-3H3;1H. The van der Waals surface area contributed by atoms with Gasteiger partial charge in [0.25, 0.3) is 0 Å². The molecular formula is C15H30ClN3O. The number of rotatable bonds is 3. The molecular weight excluding hydrogens is 274 g/mol. The minimum Gasteiger partial charge on any atom is -0.342 e. The second-order valence-electron chi connectivity index (χ2n) is 6.46. The number of amides is 1. The molecule has 4 nitrogen and oxygen atoms in total. The van der Waals surface area contributed by atoms with Crippen LogP contribution in [0.5, 0.6) is 0 Å². The van der Waals surface area contributed by atoms with Crippen LogP contribution < -0.4 is 5.32 Å². The summed E-state index contributed by atoms with van der Waals surface area (Å²) in [4.78, 5) is 16.7. The van der Waals surface area contributed by atoms with Crippen LogP contribution in [0.4, 0.5) is 0 Å². The Hall–Kier alpha value is -0.320. The minimum atomic E-state index is 0. The van der Waals surface area contributed by atoms with Gasteiger partial charge in [0.1, 0.15) is 0 Å². The summed E-state index contributed by atoms with van der Waals surface area (Å²) in [5.41, 5.74) is 0. The molecule has 0 aromatic rings. The quantitative estimate of drug-likeness (QED) is 0.865. The Morgan fingerprint density at radius 3 is 2.25 bits per heavy atom. The van der Waals surface area contributed by atoms with Crippen LogP contribution in [0.3, 0.4) is 0 Å². The maximum absolute atomic E-state index is 12.4. The first-order chi connectivity index (χ1) is 9.06. The van der Waals surface area contributed by atoms with E-state index < -0.39 is 0 Å². The molecule has 0 aromatic heterocycles. The van der Waals surface area contributed by atoms with E-state index in [2.05, 4.69) is 24.1 Å². The molecule has 0 aromatic carbocycles. The number of halogens is 1. The molecule has 1 saturated carbocycles. The summed E-state index contributed by atoms with van der Waals surface area (Å²) in [5, 5.41) is 3.51. The highest BCUT2D eigenvalue weighted by Gasteiger charge is 2.26. The van der Waals surface area contributed by atoms with Crippen LogP contribution in [-0.2, 0) is 4.79 Å². The summed E-state index contributed by atoms with van der Waals surface area (Å²) in [6.45, 7) is 6.93. The van der Waals surface area contributed by atoms with Gasteiger partial charge in [-0.3, -0.25) is 9.69 Å². The number of carbonyl (C=O) groups is 1. The third-order valence-corrected chi connectivity index (χ3v) is 4.51. The first-order valence-corrected chi connectivity index (χ1v) is 7.80. The minimum absolute atomic E-state index is 0. The van der Waals surface area contributed by atoms with Crippen LogP contribution in [0, 0.1) is 0 Å². The maximum atomic E-state index is 12.4. The van der Waals surface area contributed by atoms with Gasteiger partial charge in [-0.25, -0.2) is 0 Å². The third kappa shape index (κ3) is 4.90. The molecule has 5 heteroatoms. The van der Waals surface area contributed by atoms with Crippen LogP contribution in [0.15, 0.2) is 0 Å². The Balaban J connectivity index is 0.00000200. The van der Waals surface area contributed by atoms with Gasteiger partial charge in [-0.05, 0) is 26.7 Å². The molecule has 2 aliphatic rings. The van der Waals surface area contributed by atoms with Crippen molar-refractivity contribution in [3.05, 3.63) is 0 Å². The van der Waals surface area contributed by atoms with E-state index in [1.807, 2.05) is 11.9 Å². The van der Waals surface area contributed by atoms with Crippen molar-refractivity contribution in [2.45, 2.75) is 64.1 Å². The van der Waals surface area contributed by atoms with Crippen molar-refractivity contribution < 1.29 is 4.79 Å². The van der Waals surface area contributed by atoms with E-state index in [4.69, 9.17) is 0 Å². The van der Waals surface area contributed by atoms with Gasteiger partial charge in [0.2, 0.25) is 5.91 Å². The lowest BCUT2D eigenvalue weighted by molar-refractivity contribution is -0.134. The van der Waals surface area contributed by atoms with E-state index in [0.29, 0.717) is 30.6 Å². The highest BCUT2D eigenvalue weighted by Crippen LogP contribution is 2.21. The molecule has 2 atom stereocenters. The van der Waals surface area contributed by atoms with Gasteiger partial charge in [-0.15, -0.1) is 12.4 Å². The van der Waals surface area contributed by atoms with Crippen molar-refractivity contribution in [3.63, 3.8) is 0 Å². The number of hydrogen-bond donors (Lipinski definition) is 1. The zero-order chi connectivity index (χ0) is 13.8. The monoisotopic (exact) mass is 303 g/mol. The van der Waals surface area contributed by atoms with E-state index in [1.54, 1.807) is 0 Å². The summed E-state index contributed by atoms with van der Waals surface area (Å²) in [6, 6.07) is 1.45. The summed E-state index contributed by atoms with van der Waals surface area (Å²) < 4.78 is 0. The fourth-order valence-electron chi connectivity index (χ4n) is 3.54. The van der Waals surface area contributed by atoms with E-state index in [-0.39, 0.29) is 12.4 Å². The molecule has 0 bridgehead atoms. The smallest absolute Gasteiger partial charge is 0.236 e. The van der Waals surface area contributed by atoms with Gasteiger partial charge in [0.05, 0.1) is 6.54 Å². The van der Waals surface area contributed by atoms with Crippen molar-refractivity contribution in [3.8, 4) is 0 Å². The van der Waals surface area contributed by atoms with Crippen LogP contribution in [-0.4, -0.2) is 60.5 Å². The molecule has 2 unspecified atom stereocenters. The van der Waals surface area contributed by atoms with Crippen LogP contribution in [0.1, 0.15) is 46.0 Å². The number of hydrogen-bond acceptors (Lipinski definition) is 3. The predicted octanol–water partition coefficient (Wildman–Crippen LogP) is 1.88. The molecule has 118 valence electrons. The fraction of sp³-hybridized carbons (Fsp3) is 0.933.